The maximum Gasteiger partial charge on any atom is 0.259 e. The number of aryl methyl sites for hydroxylation is 1. The van der Waals surface area contributed by atoms with Crippen molar-refractivity contribution < 1.29 is 9.53 Å². The van der Waals surface area contributed by atoms with Crippen LogP contribution in [0.3, 0.4) is 0 Å². The minimum absolute atomic E-state index is 0.144. The van der Waals surface area contributed by atoms with Gasteiger partial charge in [-0.25, -0.2) is 9.97 Å². The minimum atomic E-state index is -0.144. The molecule has 3 aromatic rings. The Balaban J connectivity index is 1.89. The summed E-state index contributed by atoms with van der Waals surface area (Å²) in [5.41, 5.74) is 2.46. The van der Waals surface area contributed by atoms with Gasteiger partial charge in [-0.15, -0.1) is 0 Å². The Hall–Kier alpha value is -2.89. The molecule has 0 radical (unpaired) electrons. The topological polar surface area (TPSA) is 60.2 Å². The highest BCUT2D eigenvalue weighted by molar-refractivity contribution is 5.96. The van der Waals surface area contributed by atoms with Crippen LogP contribution in [0.2, 0.25) is 0 Å². The Kier molecular flexibility index (Phi) is 4.46. The van der Waals surface area contributed by atoms with Crippen LogP contribution >= 0.6 is 0 Å². The standard InChI is InChI=1S/C18H20N4O2/c1-4-22-15-10-6-5-9-14(15)20-16(22)12-21(2)18(23)13-8-7-11-19-17(13)24-3/h5-11H,4,12H2,1-3H3. The molecule has 0 aliphatic heterocycles. The van der Waals surface area contributed by atoms with Crippen LogP contribution in [0.25, 0.3) is 11.0 Å². The summed E-state index contributed by atoms with van der Waals surface area (Å²) in [5, 5.41) is 0. The molecular weight excluding hydrogens is 304 g/mol. The monoisotopic (exact) mass is 324 g/mol. The number of nitrogens with zero attached hydrogens (tertiary/aromatic N) is 4. The minimum Gasteiger partial charge on any atom is -0.480 e. The molecule has 2 aromatic heterocycles. The number of hydrogen-bond acceptors (Lipinski definition) is 4. The summed E-state index contributed by atoms with van der Waals surface area (Å²) in [6.45, 7) is 3.29. The van der Waals surface area contributed by atoms with Crippen LogP contribution in [-0.4, -0.2) is 39.5 Å². The van der Waals surface area contributed by atoms with E-state index in [0.29, 0.717) is 18.0 Å². The molecule has 1 aromatic carbocycles. The van der Waals surface area contributed by atoms with Gasteiger partial charge < -0.3 is 14.2 Å². The van der Waals surface area contributed by atoms with Gasteiger partial charge in [0, 0.05) is 19.8 Å². The molecular formula is C18H20N4O2. The Bertz CT molecular complexity index is 872. The Morgan fingerprint density at radius 2 is 2.04 bits per heavy atom. The van der Waals surface area contributed by atoms with Crippen molar-refractivity contribution in [2.24, 2.45) is 0 Å². The second-order valence-electron chi connectivity index (χ2n) is 5.48. The lowest BCUT2D eigenvalue weighted by Gasteiger charge is -2.18. The molecule has 0 saturated heterocycles. The average molecular weight is 324 g/mol. The summed E-state index contributed by atoms with van der Waals surface area (Å²) in [5.74, 6) is 1.05. The van der Waals surface area contributed by atoms with Crippen LogP contribution in [0.5, 0.6) is 5.88 Å². The normalized spacial score (nSPS) is 10.8. The van der Waals surface area contributed by atoms with Gasteiger partial charge in [0.15, 0.2) is 0 Å². The number of amides is 1. The van der Waals surface area contributed by atoms with Crippen molar-refractivity contribution in [3.63, 3.8) is 0 Å². The average Bonchev–Trinajstić information content (AvgIpc) is 2.97. The summed E-state index contributed by atoms with van der Waals surface area (Å²) in [7, 11) is 3.27. The first-order chi connectivity index (χ1) is 11.7. The Morgan fingerprint density at radius 1 is 1.25 bits per heavy atom. The zero-order valence-electron chi connectivity index (χ0n) is 14.1. The van der Waals surface area contributed by atoms with Crippen molar-refractivity contribution in [2.45, 2.75) is 20.0 Å². The van der Waals surface area contributed by atoms with E-state index in [1.54, 1.807) is 30.3 Å². The zero-order valence-corrected chi connectivity index (χ0v) is 14.1. The number of imidazole rings is 1. The van der Waals surface area contributed by atoms with Crippen LogP contribution in [0.15, 0.2) is 42.6 Å². The van der Waals surface area contributed by atoms with Crippen LogP contribution in [0, 0.1) is 0 Å². The first-order valence-corrected chi connectivity index (χ1v) is 7.84. The largest absolute Gasteiger partial charge is 0.480 e. The first-order valence-electron chi connectivity index (χ1n) is 7.84. The van der Waals surface area contributed by atoms with Crippen LogP contribution < -0.4 is 4.74 Å². The third kappa shape index (κ3) is 2.82. The fourth-order valence-corrected chi connectivity index (χ4v) is 2.80. The van der Waals surface area contributed by atoms with E-state index in [0.717, 1.165) is 23.4 Å². The number of para-hydroxylation sites is 2. The van der Waals surface area contributed by atoms with E-state index in [4.69, 9.17) is 4.74 Å². The number of benzene rings is 1. The van der Waals surface area contributed by atoms with Crippen molar-refractivity contribution in [3.05, 3.63) is 54.0 Å². The Labute approximate surface area is 140 Å². The van der Waals surface area contributed by atoms with Gasteiger partial charge in [0.05, 0.1) is 24.7 Å². The molecule has 0 bridgehead atoms. The van der Waals surface area contributed by atoms with Crippen molar-refractivity contribution in [1.82, 2.24) is 19.4 Å². The van der Waals surface area contributed by atoms with Crippen LogP contribution in [0.1, 0.15) is 23.1 Å². The van der Waals surface area contributed by atoms with Crippen molar-refractivity contribution in [1.29, 1.82) is 0 Å². The van der Waals surface area contributed by atoms with E-state index < -0.39 is 0 Å². The number of fused-ring (bicyclic) bond motifs is 1. The van der Waals surface area contributed by atoms with Gasteiger partial charge in [-0.2, -0.15) is 0 Å². The van der Waals surface area contributed by atoms with E-state index in [1.807, 2.05) is 24.3 Å². The van der Waals surface area contributed by atoms with Gasteiger partial charge in [0.1, 0.15) is 11.4 Å². The van der Waals surface area contributed by atoms with E-state index in [-0.39, 0.29) is 5.91 Å². The highest BCUT2D eigenvalue weighted by Crippen LogP contribution is 2.19. The lowest BCUT2D eigenvalue weighted by atomic mass is 10.2. The van der Waals surface area contributed by atoms with E-state index in [2.05, 4.69) is 21.5 Å². The van der Waals surface area contributed by atoms with E-state index in [9.17, 15) is 4.79 Å². The fraction of sp³-hybridized carbons (Fsp3) is 0.278. The molecule has 24 heavy (non-hydrogen) atoms. The van der Waals surface area contributed by atoms with Crippen molar-refractivity contribution in [2.75, 3.05) is 14.2 Å². The molecule has 0 aliphatic carbocycles. The molecule has 0 spiro atoms. The maximum absolute atomic E-state index is 12.7. The molecule has 2 heterocycles. The van der Waals surface area contributed by atoms with E-state index >= 15 is 0 Å². The molecule has 0 unspecified atom stereocenters. The van der Waals surface area contributed by atoms with Crippen molar-refractivity contribution >= 4 is 16.9 Å². The van der Waals surface area contributed by atoms with Gasteiger partial charge >= 0.3 is 0 Å². The van der Waals surface area contributed by atoms with E-state index in [1.165, 1.54) is 7.11 Å². The Morgan fingerprint density at radius 3 is 2.79 bits per heavy atom. The van der Waals surface area contributed by atoms with Gasteiger partial charge in [0.2, 0.25) is 5.88 Å². The number of carbonyl (C=O) groups excluding carboxylic acids is 1. The lowest BCUT2D eigenvalue weighted by Crippen LogP contribution is -2.28. The SMILES string of the molecule is CCn1c(CN(C)C(=O)c2cccnc2OC)nc2ccccc21. The predicted octanol–water partition coefficient (Wildman–Crippen LogP) is 2.73. The zero-order chi connectivity index (χ0) is 17.1. The fourth-order valence-electron chi connectivity index (χ4n) is 2.80. The number of rotatable bonds is 5. The number of carbonyl (C=O) groups is 1. The molecule has 0 aliphatic rings. The highest BCUT2D eigenvalue weighted by atomic mass is 16.5. The van der Waals surface area contributed by atoms with Gasteiger partial charge in [-0.3, -0.25) is 4.79 Å². The van der Waals surface area contributed by atoms with Gasteiger partial charge in [-0.1, -0.05) is 12.1 Å². The predicted molar refractivity (Wildman–Crippen MR) is 92.0 cm³/mol. The third-order valence-electron chi connectivity index (χ3n) is 3.97. The molecule has 0 saturated carbocycles. The summed E-state index contributed by atoms with van der Waals surface area (Å²) in [6, 6.07) is 11.4. The quantitative estimate of drug-likeness (QED) is 0.724. The third-order valence-corrected chi connectivity index (χ3v) is 3.97. The number of pyridine rings is 1. The molecule has 1 amide bonds. The highest BCUT2D eigenvalue weighted by Gasteiger charge is 2.19. The maximum atomic E-state index is 12.7. The summed E-state index contributed by atoms with van der Waals surface area (Å²) >= 11 is 0. The van der Waals surface area contributed by atoms with Crippen LogP contribution in [-0.2, 0) is 13.1 Å². The second kappa shape index (κ2) is 6.70. The summed E-state index contributed by atoms with van der Waals surface area (Å²) in [6.07, 6.45) is 1.60. The van der Waals surface area contributed by atoms with Crippen molar-refractivity contribution in [3.8, 4) is 5.88 Å². The second-order valence-corrected chi connectivity index (χ2v) is 5.48. The smallest absolute Gasteiger partial charge is 0.259 e. The molecule has 3 rings (SSSR count). The number of ether oxygens (including phenoxy) is 1. The molecule has 6 nitrogen and oxygen atoms in total. The summed E-state index contributed by atoms with van der Waals surface area (Å²) in [4.78, 5) is 23.1. The molecule has 0 fully saturated rings. The van der Waals surface area contributed by atoms with Crippen LogP contribution in [0.4, 0.5) is 0 Å². The number of methoxy groups -OCH3 is 1. The van der Waals surface area contributed by atoms with Gasteiger partial charge in [-0.05, 0) is 31.2 Å². The summed E-state index contributed by atoms with van der Waals surface area (Å²) < 4.78 is 7.30. The number of hydrogen-bond donors (Lipinski definition) is 0. The molecule has 0 N–H and O–H groups in total. The van der Waals surface area contributed by atoms with Gasteiger partial charge in [0.25, 0.3) is 5.91 Å². The lowest BCUT2D eigenvalue weighted by molar-refractivity contribution is 0.0776. The number of aromatic nitrogens is 3. The molecule has 6 heteroatoms. The first kappa shape index (κ1) is 16.0. The molecule has 124 valence electrons. The molecule has 0 atom stereocenters.